The second-order valence-corrected chi connectivity index (χ2v) is 6.24. The maximum atomic E-state index is 14.4. The molecule has 0 amide bonds. The summed E-state index contributed by atoms with van der Waals surface area (Å²) in [7, 11) is 0. The van der Waals surface area contributed by atoms with E-state index in [4.69, 9.17) is 0 Å². The van der Waals surface area contributed by atoms with Crippen LogP contribution in [0.1, 0.15) is 18.4 Å². The summed E-state index contributed by atoms with van der Waals surface area (Å²) in [6.45, 7) is 1.85. The molecule has 2 heterocycles. The molecule has 2 aromatic carbocycles. The van der Waals surface area contributed by atoms with Crippen molar-refractivity contribution < 1.29 is 4.39 Å². The van der Waals surface area contributed by atoms with Crippen LogP contribution < -0.4 is 16.1 Å². The molecular formula is C19H17FN4O2. The van der Waals surface area contributed by atoms with Gasteiger partial charge in [-0.3, -0.25) is 4.79 Å². The number of aromatic nitrogens is 2. The fraction of sp³-hybridized carbons (Fsp3) is 0.211. The molecule has 1 fully saturated rings. The second kappa shape index (κ2) is 6.59. The number of nitrogens with one attached hydrogen (secondary N) is 1. The smallest absolute Gasteiger partial charge is 0.349 e. The molecule has 1 aromatic heterocycles. The average molecular weight is 352 g/mol. The molecular weight excluding hydrogens is 335 g/mol. The Morgan fingerprint density at radius 1 is 1.08 bits per heavy atom. The van der Waals surface area contributed by atoms with Crippen LogP contribution in [-0.4, -0.2) is 29.0 Å². The minimum Gasteiger partial charge on any atom is -0.371 e. The fourth-order valence-electron chi connectivity index (χ4n) is 3.17. The Hall–Kier alpha value is -3.22. The summed E-state index contributed by atoms with van der Waals surface area (Å²) in [5.41, 5.74) is 0.272. The van der Waals surface area contributed by atoms with E-state index in [-0.39, 0.29) is 5.56 Å². The molecule has 0 bridgehead atoms. The maximum absolute atomic E-state index is 14.4. The normalized spacial score (nSPS) is 14.6. The van der Waals surface area contributed by atoms with Crippen LogP contribution in [0.2, 0.25) is 0 Å². The fourth-order valence-corrected chi connectivity index (χ4v) is 3.17. The van der Waals surface area contributed by atoms with Gasteiger partial charge in [-0.25, -0.2) is 9.18 Å². The topological polar surface area (TPSA) is 70.5 Å². The quantitative estimate of drug-likeness (QED) is 0.736. The van der Waals surface area contributed by atoms with Crippen molar-refractivity contribution in [2.24, 2.45) is 5.10 Å². The minimum atomic E-state index is -0.668. The minimum absolute atomic E-state index is 0.215. The largest absolute Gasteiger partial charge is 0.371 e. The van der Waals surface area contributed by atoms with Gasteiger partial charge in [0.2, 0.25) is 0 Å². The Labute approximate surface area is 148 Å². The van der Waals surface area contributed by atoms with E-state index in [1.54, 1.807) is 30.3 Å². The molecule has 0 unspecified atom stereocenters. The molecule has 0 saturated carbocycles. The number of halogens is 1. The molecule has 26 heavy (non-hydrogen) atoms. The number of anilines is 1. The Morgan fingerprint density at radius 2 is 1.85 bits per heavy atom. The van der Waals surface area contributed by atoms with E-state index in [2.05, 4.69) is 15.0 Å². The van der Waals surface area contributed by atoms with Crippen molar-refractivity contribution in [1.29, 1.82) is 0 Å². The number of para-hydroxylation sites is 1. The van der Waals surface area contributed by atoms with Crippen LogP contribution in [0.5, 0.6) is 0 Å². The predicted octanol–water partition coefficient (Wildman–Crippen LogP) is 2.31. The SMILES string of the molecule is O=c1[nH]c2ccccc2c(=O)n1N=Cc1ccc(N2CCCC2)cc1F. The third-order valence-corrected chi connectivity index (χ3v) is 4.55. The number of rotatable bonds is 3. The van der Waals surface area contributed by atoms with Crippen molar-refractivity contribution in [2.45, 2.75) is 12.8 Å². The summed E-state index contributed by atoms with van der Waals surface area (Å²) in [6.07, 6.45) is 3.41. The molecule has 1 N–H and O–H groups in total. The number of fused-ring (bicyclic) bond motifs is 1. The summed E-state index contributed by atoms with van der Waals surface area (Å²) in [6, 6.07) is 11.6. The number of nitrogens with zero attached hydrogens (tertiary/aromatic N) is 3. The third kappa shape index (κ3) is 2.92. The van der Waals surface area contributed by atoms with Gasteiger partial charge in [0.05, 0.1) is 17.1 Å². The molecule has 3 aromatic rings. The molecule has 1 aliphatic rings. The zero-order valence-corrected chi connectivity index (χ0v) is 14.0. The number of hydrogen-bond acceptors (Lipinski definition) is 4. The van der Waals surface area contributed by atoms with Crippen LogP contribution in [0.3, 0.4) is 0 Å². The first-order valence-electron chi connectivity index (χ1n) is 8.46. The zero-order chi connectivity index (χ0) is 18.1. The molecule has 1 aliphatic heterocycles. The standard InChI is InChI=1S/C19H17FN4O2/c20-16-11-14(23-9-3-4-10-23)8-7-13(16)12-21-24-18(25)15-5-1-2-6-17(15)22-19(24)26/h1-2,5-8,11-12H,3-4,9-10H2,(H,22,26). The van der Waals surface area contributed by atoms with Crippen molar-refractivity contribution >= 4 is 22.8 Å². The van der Waals surface area contributed by atoms with E-state index < -0.39 is 17.1 Å². The van der Waals surface area contributed by atoms with Gasteiger partial charge in [0.25, 0.3) is 5.56 Å². The van der Waals surface area contributed by atoms with Crippen molar-refractivity contribution in [2.75, 3.05) is 18.0 Å². The summed E-state index contributed by atoms with van der Waals surface area (Å²) >= 11 is 0. The molecule has 132 valence electrons. The van der Waals surface area contributed by atoms with Gasteiger partial charge in [0, 0.05) is 24.3 Å². The zero-order valence-electron chi connectivity index (χ0n) is 14.0. The highest BCUT2D eigenvalue weighted by atomic mass is 19.1. The lowest BCUT2D eigenvalue weighted by Crippen LogP contribution is -2.32. The van der Waals surface area contributed by atoms with Crippen molar-refractivity contribution in [3.05, 3.63) is 74.7 Å². The maximum Gasteiger partial charge on any atom is 0.349 e. The van der Waals surface area contributed by atoms with Crippen molar-refractivity contribution in [1.82, 2.24) is 9.66 Å². The van der Waals surface area contributed by atoms with Crippen LogP contribution in [0.4, 0.5) is 10.1 Å². The van der Waals surface area contributed by atoms with Gasteiger partial charge in [0.15, 0.2) is 0 Å². The first kappa shape index (κ1) is 16.3. The Balaban J connectivity index is 1.69. The number of H-pyrrole nitrogens is 1. The average Bonchev–Trinajstić information content (AvgIpc) is 3.17. The van der Waals surface area contributed by atoms with Gasteiger partial charge in [0.1, 0.15) is 5.82 Å². The van der Waals surface area contributed by atoms with E-state index >= 15 is 0 Å². The highest BCUT2D eigenvalue weighted by Gasteiger charge is 2.14. The Kier molecular flexibility index (Phi) is 4.12. The molecule has 1 saturated heterocycles. The summed E-state index contributed by atoms with van der Waals surface area (Å²) < 4.78 is 15.1. The second-order valence-electron chi connectivity index (χ2n) is 6.24. The molecule has 0 radical (unpaired) electrons. The summed E-state index contributed by atoms with van der Waals surface area (Å²) in [5.74, 6) is -0.441. The number of benzene rings is 2. The van der Waals surface area contributed by atoms with Gasteiger partial charge in [-0.05, 0) is 43.2 Å². The van der Waals surface area contributed by atoms with Gasteiger partial charge in [-0.15, -0.1) is 4.68 Å². The highest BCUT2D eigenvalue weighted by molar-refractivity contribution is 5.81. The van der Waals surface area contributed by atoms with E-state index in [1.807, 2.05) is 6.07 Å². The first-order chi connectivity index (χ1) is 12.6. The van der Waals surface area contributed by atoms with Gasteiger partial charge < -0.3 is 9.88 Å². The molecule has 4 rings (SSSR count). The third-order valence-electron chi connectivity index (χ3n) is 4.55. The van der Waals surface area contributed by atoms with E-state index in [0.717, 1.165) is 31.6 Å². The number of hydrogen-bond donors (Lipinski definition) is 1. The molecule has 6 nitrogen and oxygen atoms in total. The van der Waals surface area contributed by atoms with Gasteiger partial charge in [-0.1, -0.05) is 12.1 Å². The van der Waals surface area contributed by atoms with Crippen LogP contribution in [-0.2, 0) is 0 Å². The van der Waals surface area contributed by atoms with Crippen LogP contribution in [0, 0.1) is 5.82 Å². The monoisotopic (exact) mass is 352 g/mol. The molecule has 0 spiro atoms. The van der Waals surface area contributed by atoms with Gasteiger partial charge in [-0.2, -0.15) is 5.10 Å². The molecule has 0 atom stereocenters. The van der Waals surface area contributed by atoms with Crippen LogP contribution >= 0.6 is 0 Å². The van der Waals surface area contributed by atoms with Crippen LogP contribution in [0.15, 0.2) is 57.2 Å². The Bertz CT molecular complexity index is 1110. The van der Waals surface area contributed by atoms with Crippen molar-refractivity contribution in [3.63, 3.8) is 0 Å². The summed E-state index contributed by atoms with van der Waals surface area (Å²) in [4.78, 5) is 29.2. The van der Waals surface area contributed by atoms with Crippen LogP contribution in [0.25, 0.3) is 10.9 Å². The Morgan fingerprint density at radius 3 is 2.62 bits per heavy atom. The van der Waals surface area contributed by atoms with E-state index in [9.17, 15) is 14.0 Å². The highest BCUT2D eigenvalue weighted by Crippen LogP contribution is 2.22. The lowest BCUT2D eigenvalue weighted by atomic mass is 10.2. The predicted molar refractivity (Wildman–Crippen MR) is 99.7 cm³/mol. The van der Waals surface area contributed by atoms with E-state index in [0.29, 0.717) is 15.6 Å². The number of aromatic amines is 1. The molecule has 7 heteroatoms. The lowest BCUT2D eigenvalue weighted by molar-refractivity contribution is 0.625. The first-order valence-corrected chi connectivity index (χ1v) is 8.46. The van der Waals surface area contributed by atoms with E-state index in [1.165, 1.54) is 12.3 Å². The molecule has 0 aliphatic carbocycles. The lowest BCUT2D eigenvalue weighted by Gasteiger charge is -2.17. The van der Waals surface area contributed by atoms with Gasteiger partial charge >= 0.3 is 5.69 Å². The summed E-state index contributed by atoms with van der Waals surface area (Å²) in [5, 5.41) is 4.24. The van der Waals surface area contributed by atoms with Crippen molar-refractivity contribution in [3.8, 4) is 0 Å².